The van der Waals surface area contributed by atoms with Gasteiger partial charge in [-0.2, -0.15) is 0 Å². The molecule has 1 heterocycles. The molecule has 104 valence electrons. The van der Waals surface area contributed by atoms with Gasteiger partial charge in [0.2, 0.25) is 0 Å². The second kappa shape index (κ2) is 5.83. The number of alkyl halides is 1. The van der Waals surface area contributed by atoms with Crippen molar-refractivity contribution in [2.75, 3.05) is 5.88 Å². The van der Waals surface area contributed by atoms with E-state index in [9.17, 15) is 0 Å². The Morgan fingerprint density at radius 3 is 2.58 bits per heavy atom. The molecule has 0 aliphatic carbocycles. The van der Waals surface area contributed by atoms with Crippen LogP contribution in [0.4, 0.5) is 0 Å². The minimum absolute atomic E-state index is 0.145. The van der Waals surface area contributed by atoms with Gasteiger partial charge in [-0.15, -0.1) is 11.6 Å². The Morgan fingerprint density at radius 2 is 2.00 bits per heavy atom. The van der Waals surface area contributed by atoms with Gasteiger partial charge in [-0.05, 0) is 39.8 Å². The molecule has 0 unspecified atom stereocenters. The molecule has 0 spiro atoms. The van der Waals surface area contributed by atoms with Gasteiger partial charge in [0.05, 0.1) is 11.6 Å². The molecule has 2 aromatic rings. The Balaban J connectivity index is 2.60. The van der Waals surface area contributed by atoms with Crippen LogP contribution in [0.5, 0.6) is 5.75 Å². The van der Waals surface area contributed by atoms with E-state index in [1.807, 2.05) is 26.0 Å². The van der Waals surface area contributed by atoms with E-state index in [0.29, 0.717) is 11.9 Å². The maximum atomic E-state index is 5.88. The van der Waals surface area contributed by atoms with E-state index in [4.69, 9.17) is 21.3 Å². The Morgan fingerprint density at radius 1 is 1.26 bits per heavy atom. The molecule has 0 N–H and O–H groups in total. The quantitative estimate of drug-likeness (QED) is 0.768. The Hall–Kier alpha value is -1.22. The van der Waals surface area contributed by atoms with E-state index in [1.165, 1.54) is 0 Å². The summed E-state index contributed by atoms with van der Waals surface area (Å²) in [4.78, 5) is 4.73. The number of ether oxygens (including phenoxy) is 1. The third-order valence-corrected chi connectivity index (χ3v) is 3.14. The molecule has 0 aliphatic heterocycles. The number of hydrogen-bond donors (Lipinski definition) is 0. The minimum Gasteiger partial charge on any atom is -0.489 e. The molecule has 0 atom stereocenters. The third kappa shape index (κ3) is 2.86. The number of aryl methyl sites for hydroxylation is 1. The standard InChI is InChI=1S/C15H21ClN2O/c1-10(2)18-12-6-5-7-13(19-11(3)4)15(12)17-14(18)8-9-16/h5-7,10-11H,8-9H2,1-4H3. The van der Waals surface area contributed by atoms with E-state index in [-0.39, 0.29) is 6.10 Å². The molecule has 1 aromatic heterocycles. The Labute approximate surface area is 119 Å². The third-order valence-electron chi connectivity index (χ3n) is 2.95. The highest BCUT2D eigenvalue weighted by Gasteiger charge is 2.16. The molecule has 0 amide bonds. The molecule has 0 radical (unpaired) electrons. The van der Waals surface area contributed by atoms with E-state index < -0.39 is 0 Å². The fourth-order valence-corrected chi connectivity index (χ4v) is 2.49. The fourth-order valence-electron chi connectivity index (χ4n) is 2.33. The summed E-state index contributed by atoms with van der Waals surface area (Å²) in [5, 5.41) is 0. The summed E-state index contributed by atoms with van der Waals surface area (Å²) in [6.45, 7) is 8.37. The van der Waals surface area contributed by atoms with Crippen molar-refractivity contribution in [1.82, 2.24) is 9.55 Å². The first-order chi connectivity index (χ1) is 9.04. The summed E-state index contributed by atoms with van der Waals surface area (Å²) in [6, 6.07) is 6.44. The monoisotopic (exact) mass is 280 g/mol. The normalized spacial score (nSPS) is 11.7. The molecule has 0 saturated heterocycles. The summed E-state index contributed by atoms with van der Waals surface area (Å²) in [5.74, 6) is 2.46. The van der Waals surface area contributed by atoms with E-state index >= 15 is 0 Å². The van der Waals surface area contributed by atoms with Crippen molar-refractivity contribution in [3.05, 3.63) is 24.0 Å². The van der Waals surface area contributed by atoms with Crippen molar-refractivity contribution in [2.24, 2.45) is 0 Å². The predicted molar refractivity (Wildman–Crippen MR) is 80.3 cm³/mol. The summed E-state index contributed by atoms with van der Waals surface area (Å²) in [6.07, 6.45) is 0.918. The van der Waals surface area contributed by atoms with Crippen LogP contribution in [0.3, 0.4) is 0 Å². The van der Waals surface area contributed by atoms with Crippen LogP contribution >= 0.6 is 11.6 Å². The lowest BCUT2D eigenvalue weighted by atomic mass is 10.2. The highest BCUT2D eigenvalue weighted by Crippen LogP contribution is 2.29. The first-order valence-corrected chi connectivity index (χ1v) is 7.30. The number of aromatic nitrogens is 2. The summed E-state index contributed by atoms with van der Waals surface area (Å²) in [5.41, 5.74) is 2.05. The van der Waals surface area contributed by atoms with Crippen molar-refractivity contribution in [1.29, 1.82) is 0 Å². The highest BCUT2D eigenvalue weighted by molar-refractivity contribution is 6.17. The SMILES string of the molecule is CC(C)Oc1cccc2c1nc(CCCl)n2C(C)C. The van der Waals surface area contributed by atoms with Gasteiger partial charge in [0.15, 0.2) is 0 Å². The van der Waals surface area contributed by atoms with Crippen LogP contribution in [-0.4, -0.2) is 21.5 Å². The highest BCUT2D eigenvalue weighted by atomic mass is 35.5. The largest absolute Gasteiger partial charge is 0.489 e. The second-order valence-electron chi connectivity index (χ2n) is 5.22. The molecule has 2 rings (SSSR count). The Bertz CT molecular complexity index is 561. The van der Waals surface area contributed by atoms with Crippen molar-refractivity contribution in [2.45, 2.75) is 46.3 Å². The zero-order valence-electron chi connectivity index (χ0n) is 12.0. The zero-order chi connectivity index (χ0) is 14.0. The Kier molecular flexibility index (Phi) is 4.35. The van der Waals surface area contributed by atoms with Gasteiger partial charge < -0.3 is 9.30 Å². The maximum Gasteiger partial charge on any atom is 0.147 e. The fraction of sp³-hybridized carbons (Fsp3) is 0.533. The zero-order valence-corrected chi connectivity index (χ0v) is 12.7. The van der Waals surface area contributed by atoms with Crippen molar-refractivity contribution in [3.8, 4) is 5.75 Å². The van der Waals surface area contributed by atoms with Crippen LogP contribution in [-0.2, 0) is 6.42 Å². The summed E-state index contributed by atoms with van der Waals surface area (Å²) in [7, 11) is 0. The molecule has 0 fully saturated rings. The number of halogens is 1. The molecule has 0 aliphatic rings. The molecule has 1 aromatic carbocycles. The second-order valence-corrected chi connectivity index (χ2v) is 5.60. The molecule has 19 heavy (non-hydrogen) atoms. The van der Waals surface area contributed by atoms with Gasteiger partial charge in [-0.1, -0.05) is 6.07 Å². The summed E-state index contributed by atoms with van der Waals surface area (Å²) < 4.78 is 8.09. The van der Waals surface area contributed by atoms with Crippen LogP contribution in [0.1, 0.15) is 39.6 Å². The lowest BCUT2D eigenvalue weighted by Gasteiger charge is -2.13. The average molecular weight is 281 g/mol. The number of benzene rings is 1. The predicted octanol–water partition coefficient (Wildman–Crippen LogP) is 4.19. The maximum absolute atomic E-state index is 5.88. The molecular formula is C15H21ClN2O. The van der Waals surface area contributed by atoms with Crippen LogP contribution < -0.4 is 4.74 Å². The van der Waals surface area contributed by atoms with Crippen LogP contribution in [0.15, 0.2) is 18.2 Å². The number of hydrogen-bond acceptors (Lipinski definition) is 2. The number of para-hydroxylation sites is 1. The van der Waals surface area contributed by atoms with E-state index in [0.717, 1.165) is 29.0 Å². The summed E-state index contributed by atoms with van der Waals surface area (Å²) >= 11 is 5.88. The molecule has 4 heteroatoms. The van der Waals surface area contributed by atoms with Crippen LogP contribution in [0.25, 0.3) is 11.0 Å². The number of fused-ring (bicyclic) bond motifs is 1. The van der Waals surface area contributed by atoms with E-state index in [1.54, 1.807) is 0 Å². The van der Waals surface area contributed by atoms with Gasteiger partial charge in [-0.3, -0.25) is 0 Å². The van der Waals surface area contributed by atoms with Gasteiger partial charge >= 0.3 is 0 Å². The number of imidazole rings is 1. The van der Waals surface area contributed by atoms with Crippen LogP contribution in [0, 0.1) is 0 Å². The van der Waals surface area contributed by atoms with Gasteiger partial charge in [0, 0.05) is 18.3 Å². The number of rotatable bonds is 5. The molecular weight excluding hydrogens is 260 g/mol. The van der Waals surface area contributed by atoms with Crippen molar-refractivity contribution >= 4 is 22.6 Å². The lowest BCUT2D eigenvalue weighted by molar-refractivity contribution is 0.245. The molecule has 3 nitrogen and oxygen atoms in total. The van der Waals surface area contributed by atoms with Crippen molar-refractivity contribution < 1.29 is 4.74 Å². The number of nitrogens with zero attached hydrogens (tertiary/aromatic N) is 2. The minimum atomic E-state index is 0.145. The topological polar surface area (TPSA) is 27.1 Å². The molecule has 0 bridgehead atoms. The smallest absolute Gasteiger partial charge is 0.147 e. The lowest BCUT2D eigenvalue weighted by Crippen LogP contribution is -2.07. The van der Waals surface area contributed by atoms with Gasteiger partial charge in [0.1, 0.15) is 17.1 Å². The van der Waals surface area contributed by atoms with Gasteiger partial charge in [0.25, 0.3) is 0 Å². The average Bonchev–Trinajstić information content (AvgIpc) is 2.68. The van der Waals surface area contributed by atoms with Gasteiger partial charge in [-0.25, -0.2) is 4.98 Å². The first-order valence-electron chi connectivity index (χ1n) is 6.77. The molecule has 0 saturated carbocycles. The first kappa shape index (κ1) is 14.2. The van der Waals surface area contributed by atoms with E-state index in [2.05, 4.69) is 24.5 Å². The van der Waals surface area contributed by atoms with Crippen LogP contribution in [0.2, 0.25) is 0 Å². The van der Waals surface area contributed by atoms with Crippen molar-refractivity contribution in [3.63, 3.8) is 0 Å².